The van der Waals surface area contributed by atoms with Crippen molar-refractivity contribution in [3.05, 3.63) is 36.4 Å². The lowest BCUT2D eigenvalue weighted by Crippen LogP contribution is -2.55. The third kappa shape index (κ3) is 9.26. The molecule has 0 saturated carbocycles. The third-order valence-corrected chi connectivity index (χ3v) is 4.72. The second-order valence-electron chi connectivity index (χ2n) is 5.83. The topological polar surface area (TPSA) is 69.7 Å². The molecule has 1 saturated heterocycles. The summed E-state index contributed by atoms with van der Waals surface area (Å²) in [6, 6.07) is 12.0. The van der Waals surface area contributed by atoms with Gasteiger partial charge in [-0.2, -0.15) is 0 Å². The lowest BCUT2D eigenvalue weighted by Gasteiger charge is -2.34. The largest absolute Gasteiger partial charge is 0.340 e. The van der Waals surface area contributed by atoms with Gasteiger partial charge < -0.3 is 4.90 Å². The van der Waals surface area contributed by atoms with Crippen LogP contribution in [-0.4, -0.2) is 58.8 Å². The van der Waals surface area contributed by atoms with Crippen molar-refractivity contribution in [3.8, 4) is 0 Å². The van der Waals surface area contributed by atoms with E-state index in [1.807, 2.05) is 41.4 Å². The zero-order valence-electron chi connectivity index (χ0n) is 15.1. The van der Waals surface area contributed by atoms with Crippen LogP contribution in [0.25, 0.3) is 0 Å². The quantitative estimate of drug-likeness (QED) is 0.881. The average Bonchev–Trinajstić information content (AvgIpc) is 2.62. The molecule has 1 unspecified atom stereocenters. The van der Waals surface area contributed by atoms with Gasteiger partial charge in [-0.3, -0.25) is 19.8 Å². The fourth-order valence-electron chi connectivity index (χ4n) is 2.10. The van der Waals surface area contributed by atoms with Crippen molar-refractivity contribution in [1.82, 2.24) is 15.3 Å². The molecule has 0 aromatic heterocycles. The van der Waals surface area contributed by atoms with E-state index in [4.69, 9.17) is 0 Å². The Kier molecular flexibility index (Phi) is 9.87. The highest BCUT2D eigenvalue weighted by Crippen LogP contribution is 2.09. The number of hydrogen-bond donors (Lipinski definition) is 1. The summed E-state index contributed by atoms with van der Waals surface area (Å²) in [5, 5.41) is 1.85. The summed E-state index contributed by atoms with van der Waals surface area (Å²) < 4.78 is 0. The van der Waals surface area contributed by atoms with Crippen LogP contribution in [0.3, 0.4) is 0 Å². The number of carbonyl (C=O) groups is 3. The number of amides is 2. The number of carbonyl (C=O) groups excluding carboxylic acids is 3. The molecule has 1 aromatic carbocycles. The highest BCUT2D eigenvalue weighted by molar-refractivity contribution is 8.13. The number of rotatable bonds is 4. The molecule has 2 amide bonds. The Morgan fingerprint density at radius 2 is 1.44 bits per heavy atom. The lowest BCUT2D eigenvalue weighted by atomic mass is 10.2. The summed E-state index contributed by atoms with van der Waals surface area (Å²) in [4.78, 5) is 35.7. The highest BCUT2D eigenvalue weighted by atomic mass is 32.2. The van der Waals surface area contributed by atoms with Gasteiger partial charge in [0.05, 0.1) is 0 Å². The second kappa shape index (κ2) is 11.7. The monoisotopic (exact) mass is 365 g/mol. The van der Waals surface area contributed by atoms with Crippen LogP contribution in [0.1, 0.15) is 20.8 Å². The molecule has 1 N–H and O–H groups in total. The minimum Gasteiger partial charge on any atom is -0.340 e. The Bertz CT molecular complexity index is 519. The molecule has 1 aliphatic rings. The van der Waals surface area contributed by atoms with Crippen LogP contribution < -0.4 is 5.43 Å². The second-order valence-corrected chi connectivity index (χ2v) is 7.02. The van der Waals surface area contributed by atoms with E-state index in [1.54, 1.807) is 18.7 Å². The molecule has 7 heteroatoms. The summed E-state index contributed by atoms with van der Waals surface area (Å²) >= 11 is 1.16. The van der Waals surface area contributed by atoms with E-state index >= 15 is 0 Å². The summed E-state index contributed by atoms with van der Waals surface area (Å²) in [6.45, 7) is 7.39. The standard InChI is InChI=1S/C12H21N3O3S.C6H6/c1-9(8-19-11(3)17)12(18)13-15-6-4-14(5-7-15)10(2)16;1-2-4-6-5-3-1/h9H,4-8H2,1-3H3,(H,13,18);1-6H. The smallest absolute Gasteiger partial charge is 0.237 e. The van der Waals surface area contributed by atoms with Crippen molar-refractivity contribution in [2.24, 2.45) is 5.92 Å². The van der Waals surface area contributed by atoms with Crippen molar-refractivity contribution in [2.75, 3.05) is 31.9 Å². The molecule has 25 heavy (non-hydrogen) atoms. The zero-order chi connectivity index (χ0) is 18.7. The van der Waals surface area contributed by atoms with Gasteiger partial charge in [0.25, 0.3) is 0 Å². The Morgan fingerprint density at radius 3 is 1.84 bits per heavy atom. The predicted molar refractivity (Wildman–Crippen MR) is 101 cm³/mol. The number of nitrogens with zero attached hydrogens (tertiary/aromatic N) is 2. The summed E-state index contributed by atoms with van der Waals surface area (Å²) in [6.07, 6.45) is 0. The number of nitrogens with one attached hydrogen (secondary N) is 1. The van der Waals surface area contributed by atoms with Gasteiger partial charge in [0.1, 0.15) is 0 Å². The Balaban J connectivity index is 0.000000435. The van der Waals surface area contributed by atoms with E-state index in [-0.39, 0.29) is 22.8 Å². The van der Waals surface area contributed by atoms with E-state index < -0.39 is 0 Å². The first-order valence-corrected chi connectivity index (χ1v) is 9.33. The highest BCUT2D eigenvalue weighted by Gasteiger charge is 2.22. The summed E-state index contributed by atoms with van der Waals surface area (Å²) in [5.41, 5.74) is 2.83. The van der Waals surface area contributed by atoms with Crippen molar-refractivity contribution in [3.63, 3.8) is 0 Å². The van der Waals surface area contributed by atoms with E-state index in [0.717, 1.165) is 11.8 Å². The maximum absolute atomic E-state index is 11.9. The number of hydrazine groups is 1. The molecule has 138 valence electrons. The van der Waals surface area contributed by atoms with Gasteiger partial charge in [-0.1, -0.05) is 55.1 Å². The van der Waals surface area contributed by atoms with Gasteiger partial charge in [0.2, 0.25) is 11.8 Å². The van der Waals surface area contributed by atoms with Gasteiger partial charge >= 0.3 is 0 Å². The first-order valence-electron chi connectivity index (χ1n) is 8.34. The molecule has 1 heterocycles. The normalized spacial score (nSPS) is 15.6. The average molecular weight is 365 g/mol. The van der Waals surface area contributed by atoms with Crippen LogP contribution in [0, 0.1) is 5.92 Å². The van der Waals surface area contributed by atoms with Crippen LogP contribution in [0.15, 0.2) is 36.4 Å². The first-order chi connectivity index (χ1) is 11.9. The van der Waals surface area contributed by atoms with Crippen molar-refractivity contribution >= 4 is 28.7 Å². The molecule has 1 aliphatic heterocycles. The number of thioether (sulfide) groups is 1. The fourth-order valence-corrected chi connectivity index (χ4v) is 2.74. The van der Waals surface area contributed by atoms with Crippen molar-refractivity contribution in [2.45, 2.75) is 20.8 Å². The lowest BCUT2D eigenvalue weighted by molar-refractivity contribution is -0.133. The minimum absolute atomic E-state index is 0.0229. The van der Waals surface area contributed by atoms with Crippen LogP contribution in [-0.2, 0) is 14.4 Å². The molecule has 6 nitrogen and oxygen atoms in total. The van der Waals surface area contributed by atoms with Gasteiger partial charge in [-0.05, 0) is 0 Å². The van der Waals surface area contributed by atoms with E-state index in [1.165, 1.54) is 6.92 Å². The SMILES string of the molecule is CC(=O)SCC(C)C(=O)NN1CCN(C(C)=O)CC1.c1ccccc1. The summed E-state index contributed by atoms with van der Waals surface area (Å²) in [7, 11) is 0. The Labute approximate surface area is 153 Å². The molecule has 1 aromatic rings. The van der Waals surface area contributed by atoms with Gasteiger partial charge in [-0.15, -0.1) is 0 Å². The maximum Gasteiger partial charge on any atom is 0.237 e. The van der Waals surface area contributed by atoms with Crippen LogP contribution in [0.5, 0.6) is 0 Å². The van der Waals surface area contributed by atoms with Crippen LogP contribution >= 0.6 is 11.8 Å². The minimum atomic E-state index is -0.209. The van der Waals surface area contributed by atoms with E-state index in [0.29, 0.717) is 31.9 Å². The molecule has 1 atom stereocenters. The number of piperazine rings is 1. The zero-order valence-corrected chi connectivity index (χ0v) is 15.9. The van der Waals surface area contributed by atoms with Crippen molar-refractivity contribution < 1.29 is 14.4 Å². The van der Waals surface area contributed by atoms with E-state index in [9.17, 15) is 14.4 Å². The number of benzene rings is 1. The van der Waals surface area contributed by atoms with E-state index in [2.05, 4.69) is 5.43 Å². The Morgan fingerprint density at radius 1 is 0.960 bits per heavy atom. The van der Waals surface area contributed by atoms with Gasteiger partial charge in [0, 0.05) is 51.7 Å². The molecule has 0 aliphatic carbocycles. The molecular formula is C18H27N3O3S. The molecular weight excluding hydrogens is 338 g/mol. The summed E-state index contributed by atoms with van der Waals surface area (Å²) in [5.74, 6) is 0.274. The van der Waals surface area contributed by atoms with Crippen LogP contribution in [0.2, 0.25) is 0 Å². The molecule has 1 fully saturated rings. The molecule has 0 spiro atoms. The predicted octanol–water partition coefficient (Wildman–Crippen LogP) is 1.78. The van der Waals surface area contributed by atoms with Crippen molar-refractivity contribution in [1.29, 1.82) is 0 Å². The molecule has 0 radical (unpaired) electrons. The fraction of sp³-hybridized carbons (Fsp3) is 0.500. The van der Waals surface area contributed by atoms with Crippen LogP contribution in [0.4, 0.5) is 0 Å². The third-order valence-electron chi connectivity index (χ3n) is 3.64. The van der Waals surface area contributed by atoms with Gasteiger partial charge in [0.15, 0.2) is 5.12 Å². The number of hydrogen-bond acceptors (Lipinski definition) is 5. The Hall–Kier alpha value is -1.86. The van der Waals surface area contributed by atoms with Gasteiger partial charge in [-0.25, -0.2) is 5.01 Å². The molecule has 0 bridgehead atoms. The maximum atomic E-state index is 11.9. The first kappa shape index (κ1) is 21.2. The molecule has 2 rings (SSSR count).